The van der Waals surface area contributed by atoms with Crippen molar-refractivity contribution in [3.05, 3.63) is 45.5 Å². The van der Waals surface area contributed by atoms with Crippen LogP contribution < -0.4 is 5.32 Å². The highest BCUT2D eigenvalue weighted by molar-refractivity contribution is 7.12. The maximum atomic E-state index is 12.1. The van der Waals surface area contributed by atoms with Gasteiger partial charge in [-0.1, -0.05) is 0 Å². The summed E-state index contributed by atoms with van der Waals surface area (Å²) in [5, 5.41) is 12.0. The molecule has 2 aromatic rings. The van der Waals surface area contributed by atoms with E-state index < -0.39 is 6.04 Å². The highest BCUT2D eigenvalue weighted by atomic mass is 32.1. The molecule has 2 N–H and O–H groups in total. The van der Waals surface area contributed by atoms with Gasteiger partial charge in [-0.05, 0) is 32.0 Å². The van der Waals surface area contributed by atoms with E-state index in [0.29, 0.717) is 11.3 Å². The first kappa shape index (κ1) is 16.5. The SMILES string of the molecule is Cc1cc(C(=O)CCC(=O)NC(CO)c2ccco2)c(C)s1. The molecule has 2 rings (SSSR count). The summed E-state index contributed by atoms with van der Waals surface area (Å²) in [6.07, 6.45) is 1.72. The molecule has 5 nitrogen and oxygen atoms in total. The summed E-state index contributed by atoms with van der Waals surface area (Å²) in [4.78, 5) is 26.1. The maximum Gasteiger partial charge on any atom is 0.221 e. The van der Waals surface area contributed by atoms with Crippen LogP contribution >= 0.6 is 11.3 Å². The van der Waals surface area contributed by atoms with Crippen LogP contribution in [0.25, 0.3) is 0 Å². The number of nitrogens with one attached hydrogen (secondary N) is 1. The monoisotopic (exact) mass is 321 g/mol. The summed E-state index contributed by atoms with van der Waals surface area (Å²) >= 11 is 1.58. The van der Waals surface area contributed by atoms with E-state index in [1.807, 2.05) is 19.9 Å². The number of aliphatic hydroxyl groups excluding tert-OH is 1. The van der Waals surface area contributed by atoms with Crippen LogP contribution in [-0.2, 0) is 4.79 Å². The van der Waals surface area contributed by atoms with Gasteiger partial charge in [0.25, 0.3) is 0 Å². The van der Waals surface area contributed by atoms with Crippen LogP contribution in [-0.4, -0.2) is 23.4 Å². The third kappa shape index (κ3) is 4.05. The fourth-order valence-corrected chi connectivity index (χ4v) is 3.17. The number of rotatable bonds is 7. The lowest BCUT2D eigenvalue weighted by atomic mass is 10.1. The Kier molecular flexibility index (Phi) is 5.51. The van der Waals surface area contributed by atoms with E-state index in [1.165, 1.54) is 6.26 Å². The van der Waals surface area contributed by atoms with Gasteiger partial charge < -0.3 is 14.8 Å². The quantitative estimate of drug-likeness (QED) is 0.769. The third-order valence-electron chi connectivity index (χ3n) is 3.32. The molecule has 1 atom stereocenters. The Bertz CT molecular complexity index is 645. The van der Waals surface area contributed by atoms with E-state index in [-0.39, 0.29) is 31.1 Å². The molecule has 1 unspecified atom stereocenters. The second-order valence-electron chi connectivity index (χ2n) is 5.07. The predicted molar refractivity (Wildman–Crippen MR) is 84.0 cm³/mol. The number of hydrogen-bond donors (Lipinski definition) is 2. The van der Waals surface area contributed by atoms with Crippen molar-refractivity contribution in [2.75, 3.05) is 6.61 Å². The number of amides is 1. The first-order valence-corrected chi connectivity index (χ1v) is 7.86. The lowest BCUT2D eigenvalue weighted by Crippen LogP contribution is -2.30. The summed E-state index contributed by atoms with van der Waals surface area (Å²) in [6.45, 7) is 3.61. The van der Waals surface area contributed by atoms with E-state index in [4.69, 9.17) is 4.42 Å². The van der Waals surface area contributed by atoms with Gasteiger partial charge in [-0.25, -0.2) is 0 Å². The van der Waals surface area contributed by atoms with Crippen molar-refractivity contribution in [2.24, 2.45) is 0 Å². The molecular formula is C16H19NO4S. The van der Waals surface area contributed by atoms with E-state index in [9.17, 15) is 14.7 Å². The smallest absolute Gasteiger partial charge is 0.221 e. The van der Waals surface area contributed by atoms with E-state index in [2.05, 4.69) is 5.32 Å². The Balaban J connectivity index is 1.87. The summed E-state index contributed by atoms with van der Waals surface area (Å²) in [5.41, 5.74) is 0.694. The Morgan fingerprint density at radius 3 is 2.68 bits per heavy atom. The fourth-order valence-electron chi connectivity index (χ4n) is 2.23. The minimum absolute atomic E-state index is 0.0319. The Morgan fingerprint density at radius 2 is 2.14 bits per heavy atom. The number of carbonyl (C=O) groups excluding carboxylic acids is 2. The van der Waals surface area contributed by atoms with Crippen LogP contribution in [0.2, 0.25) is 0 Å². The van der Waals surface area contributed by atoms with Crippen LogP contribution in [0.3, 0.4) is 0 Å². The van der Waals surface area contributed by atoms with Crippen molar-refractivity contribution in [1.29, 1.82) is 0 Å². The molecule has 0 aliphatic carbocycles. The van der Waals surface area contributed by atoms with Gasteiger partial charge in [0, 0.05) is 28.2 Å². The number of hydrogen-bond acceptors (Lipinski definition) is 5. The van der Waals surface area contributed by atoms with Gasteiger partial charge in [0.2, 0.25) is 5.91 Å². The Hall–Kier alpha value is -1.92. The molecule has 6 heteroatoms. The van der Waals surface area contributed by atoms with Crippen LogP contribution in [0.15, 0.2) is 28.9 Å². The normalized spacial score (nSPS) is 12.1. The van der Waals surface area contributed by atoms with Gasteiger partial charge in [0.1, 0.15) is 11.8 Å². The molecule has 2 heterocycles. The molecule has 0 spiro atoms. The number of carbonyl (C=O) groups is 2. The molecule has 118 valence electrons. The average molecular weight is 321 g/mol. The number of furan rings is 1. The first-order chi connectivity index (χ1) is 10.5. The van der Waals surface area contributed by atoms with Crippen molar-refractivity contribution in [3.8, 4) is 0 Å². The van der Waals surface area contributed by atoms with E-state index >= 15 is 0 Å². The van der Waals surface area contributed by atoms with Crippen molar-refractivity contribution >= 4 is 23.0 Å². The molecule has 1 amide bonds. The molecule has 0 saturated carbocycles. The van der Waals surface area contributed by atoms with Crippen LogP contribution in [0.1, 0.15) is 44.8 Å². The number of Topliss-reactive ketones (excluding diaryl/α,β-unsaturated/α-hetero) is 1. The highest BCUT2D eigenvalue weighted by Crippen LogP contribution is 2.22. The standard InChI is InChI=1S/C16H19NO4S/c1-10-8-12(11(2)22-10)14(19)5-6-16(20)17-13(9-18)15-4-3-7-21-15/h3-4,7-8,13,18H,5-6,9H2,1-2H3,(H,17,20). The molecule has 22 heavy (non-hydrogen) atoms. The second-order valence-corrected chi connectivity index (χ2v) is 6.53. The van der Waals surface area contributed by atoms with Gasteiger partial charge in [-0.15, -0.1) is 11.3 Å². The summed E-state index contributed by atoms with van der Waals surface area (Å²) in [6, 6.07) is 4.65. The van der Waals surface area contributed by atoms with Crippen molar-refractivity contribution < 1.29 is 19.1 Å². The summed E-state index contributed by atoms with van der Waals surface area (Å²) in [7, 11) is 0. The van der Waals surface area contributed by atoms with Gasteiger partial charge in [0.15, 0.2) is 5.78 Å². The second kappa shape index (κ2) is 7.38. The van der Waals surface area contributed by atoms with Crippen molar-refractivity contribution in [3.63, 3.8) is 0 Å². The highest BCUT2D eigenvalue weighted by Gasteiger charge is 2.18. The number of thiophene rings is 1. The maximum absolute atomic E-state index is 12.1. The lowest BCUT2D eigenvalue weighted by molar-refractivity contribution is -0.122. The molecule has 0 radical (unpaired) electrons. The van der Waals surface area contributed by atoms with Gasteiger partial charge in [-0.2, -0.15) is 0 Å². The zero-order chi connectivity index (χ0) is 16.1. The third-order valence-corrected chi connectivity index (χ3v) is 4.29. The summed E-state index contributed by atoms with van der Waals surface area (Å²) < 4.78 is 5.16. The van der Waals surface area contributed by atoms with E-state index in [0.717, 1.165) is 9.75 Å². The van der Waals surface area contributed by atoms with Gasteiger partial charge in [-0.3, -0.25) is 9.59 Å². The molecular weight excluding hydrogens is 302 g/mol. The number of aliphatic hydroxyl groups is 1. The molecule has 0 aromatic carbocycles. The van der Waals surface area contributed by atoms with Crippen LogP contribution in [0, 0.1) is 13.8 Å². The molecule has 2 aromatic heterocycles. The average Bonchev–Trinajstić information content (AvgIpc) is 3.11. The van der Waals surface area contributed by atoms with Crippen LogP contribution in [0.4, 0.5) is 0 Å². The first-order valence-electron chi connectivity index (χ1n) is 7.05. The zero-order valence-corrected chi connectivity index (χ0v) is 13.4. The largest absolute Gasteiger partial charge is 0.467 e. The lowest BCUT2D eigenvalue weighted by Gasteiger charge is -2.13. The van der Waals surface area contributed by atoms with Gasteiger partial charge in [0.05, 0.1) is 12.9 Å². The van der Waals surface area contributed by atoms with Crippen molar-refractivity contribution in [2.45, 2.75) is 32.7 Å². The van der Waals surface area contributed by atoms with Crippen molar-refractivity contribution in [1.82, 2.24) is 5.32 Å². The minimum Gasteiger partial charge on any atom is -0.467 e. The molecule has 0 aliphatic heterocycles. The predicted octanol–water partition coefficient (Wildman–Crippen LogP) is 2.77. The Morgan fingerprint density at radius 1 is 1.36 bits per heavy atom. The summed E-state index contributed by atoms with van der Waals surface area (Å²) in [5.74, 6) is 0.176. The number of ketones is 1. The Labute approximate surface area is 133 Å². The minimum atomic E-state index is -0.581. The number of aryl methyl sites for hydroxylation is 2. The molecule has 0 aliphatic rings. The molecule has 0 bridgehead atoms. The van der Waals surface area contributed by atoms with Gasteiger partial charge >= 0.3 is 0 Å². The van der Waals surface area contributed by atoms with Crippen LogP contribution in [0.5, 0.6) is 0 Å². The zero-order valence-electron chi connectivity index (χ0n) is 12.6. The van der Waals surface area contributed by atoms with E-state index in [1.54, 1.807) is 23.5 Å². The fraction of sp³-hybridized carbons (Fsp3) is 0.375. The topological polar surface area (TPSA) is 79.5 Å². The molecule has 0 fully saturated rings. The molecule has 0 saturated heterocycles.